The molecular weight excluding hydrogens is 430 g/mol. The van der Waals surface area contributed by atoms with Gasteiger partial charge in [-0.1, -0.05) is 0 Å². The van der Waals surface area contributed by atoms with Crippen molar-refractivity contribution in [2.24, 2.45) is 0 Å². The summed E-state index contributed by atoms with van der Waals surface area (Å²) in [7, 11) is 0. The summed E-state index contributed by atoms with van der Waals surface area (Å²) in [6.07, 6.45) is 8.27. The molecule has 0 radical (unpaired) electrons. The Hall–Kier alpha value is -4.53. The minimum atomic E-state index is -0.328. The SMILES string of the molecule is CC(=O)c1c(-c2ccc(F)cc2)nc2occn12.Fc1ccc(-c2cn3ccoc3n2)cc1. The fourth-order valence-electron chi connectivity index (χ4n) is 3.42. The molecule has 4 aromatic heterocycles. The van der Waals surface area contributed by atoms with Gasteiger partial charge in [0.1, 0.15) is 35.5 Å². The van der Waals surface area contributed by atoms with Crippen LogP contribution in [0.25, 0.3) is 34.2 Å². The van der Waals surface area contributed by atoms with Gasteiger partial charge in [0.25, 0.3) is 0 Å². The molecule has 0 saturated carbocycles. The summed E-state index contributed by atoms with van der Waals surface area (Å²) in [4.78, 5) is 20.2. The smallest absolute Gasteiger partial charge is 0.306 e. The van der Waals surface area contributed by atoms with Crippen molar-refractivity contribution >= 4 is 17.5 Å². The van der Waals surface area contributed by atoms with Gasteiger partial charge in [-0.3, -0.25) is 13.6 Å². The molecular formula is C24H16F2N4O3. The Labute approximate surface area is 185 Å². The van der Waals surface area contributed by atoms with Crippen LogP contribution in [-0.4, -0.2) is 24.6 Å². The second-order valence-electron chi connectivity index (χ2n) is 7.15. The lowest BCUT2D eigenvalue weighted by Gasteiger charge is -2.00. The minimum Gasteiger partial charge on any atom is -0.432 e. The van der Waals surface area contributed by atoms with E-state index in [9.17, 15) is 13.6 Å². The number of hydrogen-bond acceptors (Lipinski definition) is 5. The van der Waals surface area contributed by atoms with Crippen molar-refractivity contribution in [1.29, 1.82) is 0 Å². The molecule has 0 N–H and O–H groups in total. The molecule has 4 heterocycles. The van der Waals surface area contributed by atoms with Gasteiger partial charge in [-0.05, 0) is 48.5 Å². The van der Waals surface area contributed by atoms with Gasteiger partial charge in [-0.25, -0.2) is 8.78 Å². The molecule has 0 atom stereocenters. The predicted molar refractivity (Wildman–Crippen MR) is 116 cm³/mol. The van der Waals surface area contributed by atoms with E-state index < -0.39 is 0 Å². The molecule has 0 saturated heterocycles. The Morgan fingerprint density at radius 3 is 2.06 bits per heavy atom. The molecule has 0 amide bonds. The number of nitrogens with zero attached hydrogens (tertiary/aromatic N) is 4. The fourth-order valence-corrected chi connectivity index (χ4v) is 3.42. The molecule has 0 fully saturated rings. The van der Waals surface area contributed by atoms with Gasteiger partial charge in [0.15, 0.2) is 5.78 Å². The van der Waals surface area contributed by atoms with E-state index in [1.165, 1.54) is 37.5 Å². The van der Waals surface area contributed by atoms with Crippen LogP contribution >= 0.6 is 0 Å². The van der Waals surface area contributed by atoms with Crippen LogP contribution in [0.3, 0.4) is 0 Å². The minimum absolute atomic E-state index is 0.122. The zero-order chi connectivity index (χ0) is 22.9. The summed E-state index contributed by atoms with van der Waals surface area (Å²) in [5, 5.41) is 0. The van der Waals surface area contributed by atoms with Crippen molar-refractivity contribution in [1.82, 2.24) is 18.8 Å². The summed E-state index contributed by atoms with van der Waals surface area (Å²) in [5.74, 6) is 0.185. The maximum Gasteiger partial charge on any atom is 0.306 e. The number of ketones is 1. The maximum absolute atomic E-state index is 12.9. The highest BCUT2D eigenvalue weighted by molar-refractivity contribution is 5.99. The quantitative estimate of drug-likeness (QED) is 0.327. The van der Waals surface area contributed by atoms with E-state index in [-0.39, 0.29) is 17.4 Å². The number of halogens is 2. The Balaban J connectivity index is 0.000000140. The maximum atomic E-state index is 12.9. The van der Waals surface area contributed by atoms with Gasteiger partial charge in [0.2, 0.25) is 0 Å². The van der Waals surface area contributed by atoms with Gasteiger partial charge >= 0.3 is 11.7 Å². The molecule has 0 aliphatic carbocycles. The summed E-state index contributed by atoms with van der Waals surface area (Å²) in [6, 6.07) is 12.1. The van der Waals surface area contributed by atoms with Crippen LogP contribution in [0.4, 0.5) is 8.78 Å². The number of hydrogen-bond donors (Lipinski definition) is 0. The van der Waals surface area contributed by atoms with Crippen LogP contribution in [0, 0.1) is 11.6 Å². The molecule has 0 bridgehead atoms. The summed E-state index contributed by atoms with van der Waals surface area (Å²) >= 11 is 0. The lowest BCUT2D eigenvalue weighted by Crippen LogP contribution is -1.99. The van der Waals surface area contributed by atoms with Crippen LogP contribution in [0.1, 0.15) is 17.4 Å². The number of oxazole rings is 2. The third-order valence-corrected chi connectivity index (χ3v) is 4.95. The highest BCUT2D eigenvalue weighted by Crippen LogP contribution is 2.25. The lowest BCUT2D eigenvalue weighted by molar-refractivity contribution is 0.101. The van der Waals surface area contributed by atoms with Crippen molar-refractivity contribution < 1.29 is 22.4 Å². The van der Waals surface area contributed by atoms with Crippen LogP contribution in [0.2, 0.25) is 0 Å². The van der Waals surface area contributed by atoms with Crippen LogP contribution < -0.4 is 0 Å². The van der Waals surface area contributed by atoms with E-state index in [4.69, 9.17) is 8.83 Å². The molecule has 6 rings (SSSR count). The average Bonchev–Trinajstić information content (AvgIpc) is 3.55. The summed E-state index contributed by atoms with van der Waals surface area (Å²) in [5.41, 5.74) is 3.26. The fraction of sp³-hybridized carbons (Fsp3) is 0.0417. The van der Waals surface area contributed by atoms with E-state index in [0.717, 1.165) is 11.3 Å². The molecule has 0 spiro atoms. The molecule has 33 heavy (non-hydrogen) atoms. The van der Waals surface area contributed by atoms with Gasteiger partial charge in [0.05, 0.1) is 5.69 Å². The lowest BCUT2D eigenvalue weighted by atomic mass is 10.1. The third-order valence-electron chi connectivity index (χ3n) is 4.95. The molecule has 6 aromatic rings. The number of carbonyl (C=O) groups excluding carboxylic acids is 1. The average molecular weight is 446 g/mol. The van der Waals surface area contributed by atoms with Crippen molar-refractivity contribution in [2.75, 3.05) is 0 Å². The second kappa shape index (κ2) is 8.19. The van der Waals surface area contributed by atoms with Gasteiger partial charge < -0.3 is 8.83 Å². The van der Waals surface area contributed by atoms with Gasteiger partial charge in [-0.15, -0.1) is 0 Å². The normalized spacial score (nSPS) is 11.0. The van der Waals surface area contributed by atoms with E-state index >= 15 is 0 Å². The van der Waals surface area contributed by atoms with Crippen molar-refractivity contribution in [3.8, 4) is 22.5 Å². The standard InChI is InChI=1S/C13H9FN2O2.C11H7FN2O/c1-8(17)12-11(9-2-4-10(14)5-3-9)15-13-16(12)6-7-18-13;12-9-3-1-8(2-4-9)10-7-14-5-6-15-11(14)13-10/h2-7H,1H3;1-7H. The Morgan fingerprint density at radius 2 is 1.42 bits per heavy atom. The predicted octanol–water partition coefficient (Wildman–Crippen LogP) is 5.67. The first kappa shape index (κ1) is 20.4. The monoisotopic (exact) mass is 446 g/mol. The topological polar surface area (TPSA) is 78.0 Å². The number of fused-ring (bicyclic) bond motifs is 2. The molecule has 164 valence electrons. The first-order valence-electron chi connectivity index (χ1n) is 9.90. The third kappa shape index (κ3) is 3.91. The Kier molecular flexibility index (Phi) is 5.06. The first-order valence-corrected chi connectivity index (χ1v) is 9.90. The second-order valence-corrected chi connectivity index (χ2v) is 7.15. The zero-order valence-electron chi connectivity index (χ0n) is 17.3. The van der Waals surface area contributed by atoms with Crippen molar-refractivity contribution in [2.45, 2.75) is 6.92 Å². The van der Waals surface area contributed by atoms with Crippen LogP contribution in [-0.2, 0) is 0 Å². The van der Waals surface area contributed by atoms with Crippen molar-refractivity contribution in [3.63, 3.8) is 0 Å². The zero-order valence-corrected chi connectivity index (χ0v) is 17.3. The summed E-state index contributed by atoms with van der Waals surface area (Å²) < 4.78 is 39.2. The summed E-state index contributed by atoms with van der Waals surface area (Å²) in [6.45, 7) is 1.46. The molecule has 9 heteroatoms. The number of carbonyl (C=O) groups is 1. The highest BCUT2D eigenvalue weighted by Gasteiger charge is 2.19. The molecule has 2 aromatic carbocycles. The Bertz CT molecular complexity index is 1530. The van der Waals surface area contributed by atoms with Crippen LogP contribution in [0.15, 0.2) is 88.5 Å². The molecule has 7 nitrogen and oxygen atoms in total. The number of imidazole rings is 2. The van der Waals surface area contributed by atoms with E-state index in [1.54, 1.807) is 51.7 Å². The molecule has 0 aliphatic rings. The first-order chi connectivity index (χ1) is 16.0. The number of Topliss-reactive ketones (excluding diaryl/α,β-unsaturated/α-hetero) is 1. The van der Waals surface area contributed by atoms with Crippen LogP contribution in [0.5, 0.6) is 0 Å². The largest absolute Gasteiger partial charge is 0.432 e. The number of aromatic nitrogens is 4. The number of rotatable bonds is 3. The molecule has 0 unspecified atom stereocenters. The Morgan fingerprint density at radius 1 is 0.818 bits per heavy atom. The highest BCUT2D eigenvalue weighted by atomic mass is 19.1. The van der Waals surface area contributed by atoms with E-state index in [2.05, 4.69) is 9.97 Å². The van der Waals surface area contributed by atoms with Crippen molar-refractivity contribution in [3.05, 3.63) is 97.0 Å². The molecule has 0 aliphatic heterocycles. The van der Waals surface area contributed by atoms with Gasteiger partial charge in [-0.2, -0.15) is 9.97 Å². The van der Waals surface area contributed by atoms with E-state index in [1.807, 2.05) is 6.20 Å². The van der Waals surface area contributed by atoms with E-state index in [0.29, 0.717) is 28.6 Å². The van der Waals surface area contributed by atoms with Gasteiger partial charge in [0, 0.05) is 36.6 Å². The number of benzene rings is 2.